The van der Waals surface area contributed by atoms with Crippen molar-refractivity contribution < 1.29 is 4.42 Å². The van der Waals surface area contributed by atoms with Gasteiger partial charge in [0.05, 0.1) is 18.8 Å². The van der Waals surface area contributed by atoms with Gasteiger partial charge in [-0.25, -0.2) is 4.98 Å². The van der Waals surface area contributed by atoms with E-state index in [4.69, 9.17) is 9.40 Å². The lowest BCUT2D eigenvalue weighted by molar-refractivity contribution is 0.141. The quantitative estimate of drug-likeness (QED) is 0.911. The first-order valence-corrected chi connectivity index (χ1v) is 8.96. The molecule has 0 spiro atoms. The van der Waals surface area contributed by atoms with Crippen LogP contribution in [0.5, 0.6) is 0 Å². The molecule has 2 aromatic heterocycles. The first kappa shape index (κ1) is 15.4. The standard InChI is InChI=1S/C18H25N5O/c1-2-4-10-23(9-3-1)17-7-8-19-18(21-17)20-15-12-22(13-15)14-16-6-5-11-24-16/h5-8,11,15H,1-4,9-10,12-14H2,(H,19,20,21). The highest BCUT2D eigenvalue weighted by molar-refractivity contribution is 5.43. The zero-order valence-corrected chi connectivity index (χ0v) is 14.0. The Morgan fingerprint density at radius 2 is 1.96 bits per heavy atom. The zero-order chi connectivity index (χ0) is 16.2. The number of likely N-dealkylation sites (tertiary alicyclic amines) is 1. The van der Waals surface area contributed by atoms with E-state index in [9.17, 15) is 0 Å². The Balaban J connectivity index is 1.30. The van der Waals surface area contributed by atoms with Gasteiger partial charge < -0.3 is 14.6 Å². The van der Waals surface area contributed by atoms with Crippen molar-refractivity contribution >= 4 is 11.8 Å². The van der Waals surface area contributed by atoms with Crippen LogP contribution in [0, 0.1) is 0 Å². The molecule has 2 saturated heterocycles. The van der Waals surface area contributed by atoms with Gasteiger partial charge in [0.1, 0.15) is 11.6 Å². The molecule has 2 aliphatic heterocycles. The summed E-state index contributed by atoms with van der Waals surface area (Å²) in [5.41, 5.74) is 0. The fraction of sp³-hybridized carbons (Fsp3) is 0.556. The largest absolute Gasteiger partial charge is 0.468 e. The van der Waals surface area contributed by atoms with Gasteiger partial charge in [0, 0.05) is 32.4 Å². The van der Waals surface area contributed by atoms with Gasteiger partial charge in [-0.1, -0.05) is 12.8 Å². The monoisotopic (exact) mass is 327 g/mol. The van der Waals surface area contributed by atoms with Crippen LogP contribution in [0.2, 0.25) is 0 Å². The number of furan rings is 1. The summed E-state index contributed by atoms with van der Waals surface area (Å²) < 4.78 is 5.39. The van der Waals surface area contributed by atoms with Crippen molar-refractivity contribution in [1.82, 2.24) is 14.9 Å². The molecule has 128 valence electrons. The average Bonchev–Trinajstić information content (AvgIpc) is 2.93. The molecule has 6 heteroatoms. The third-order valence-corrected chi connectivity index (χ3v) is 4.82. The molecule has 1 N–H and O–H groups in total. The lowest BCUT2D eigenvalue weighted by Crippen LogP contribution is -2.54. The Morgan fingerprint density at radius 1 is 1.12 bits per heavy atom. The highest BCUT2D eigenvalue weighted by Gasteiger charge is 2.27. The summed E-state index contributed by atoms with van der Waals surface area (Å²) in [4.78, 5) is 13.9. The molecular weight excluding hydrogens is 302 g/mol. The van der Waals surface area contributed by atoms with E-state index < -0.39 is 0 Å². The first-order chi connectivity index (χ1) is 11.9. The van der Waals surface area contributed by atoms with Crippen LogP contribution in [-0.2, 0) is 6.54 Å². The maximum atomic E-state index is 5.39. The fourth-order valence-electron chi connectivity index (χ4n) is 3.49. The molecule has 0 bridgehead atoms. The van der Waals surface area contributed by atoms with Crippen LogP contribution in [0.15, 0.2) is 35.1 Å². The summed E-state index contributed by atoms with van der Waals surface area (Å²) in [5, 5.41) is 3.46. The van der Waals surface area contributed by atoms with Crippen LogP contribution in [-0.4, -0.2) is 47.1 Å². The summed E-state index contributed by atoms with van der Waals surface area (Å²) in [6.45, 7) is 5.09. The van der Waals surface area contributed by atoms with Gasteiger partial charge in [0.25, 0.3) is 0 Å². The number of anilines is 2. The zero-order valence-electron chi connectivity index (χ0n) is 14.0. The molecule has 2 aliphatic rings. The normalized spacial score (nSPS) is 19.8. The van der Waals surface area contributed by atoms with Crippen molar-refractivity contribution in [2.75, 3.05) is 36.4 Å². The number of nitrogens with one attached hydrogen (secondary N) is 1. The Hall–Kier alpha value is -2.08. The van der Waals surface area contributed by atoms with Gasteiger partial charge in [-0.3, -0.25) is 4.90 Å². The average molecular weight is 327 g/mol. The second-order valence-corrected chi connectivity index (χ2v) is 6.75. The molecule has 0 atom stereocenters. The highest BCUT2D eigenvalue weighted by Crippen LogP contribution is 2.20. The Morgan fingerprint density at radius 3 is 2.71 bits per heavy atom. The molecule has 0 saturated carbocycles. The molecule has 6 nitrogen and oxygen atoms in total. The van der Waals surface area contributed by atoms with Gasteiger partial charge >= 0.3 is 0 Å². The molecular formula is C18H25N5O. The molecule has 2 fully saturated rings. The van der Waals surface area contributed by atoms with Crippen molar-refractivity contribution in [1.29, 1.82) is 0 Å². The summed E-state index contributed by atoms with van der Waals surface area (Å²) in [5.74, 6) is 2.83. The summed E-state index contributed by atoms with van der Waals surface area (Å²) >= 11 is 0. The van der Waals surface area contributed by atoms with Gasteiger partial charge in [0.15, 0.2) is 0 Å². The van der Waals surface area contributed by atoms with Crippen LogP contribution >= 0.6 is 0 Å². The third kappa shape index (κ3) is 3.70. The maximum absolute atomic E-state index is 5.39. The van der Waals surface area contributed by atoms with Crippen molar-refractivity contribution in [3.63, 3.8) is 0 Å². The number of rotatable bonds is 5. The minimum Gasteiger partial charge on any atom is -0.468 e. The van der Waals surface area contributed by atoms with Gasteiger partial charge in [0.2, 0.25) is 5.95 Å². The predicted octanol–water partition coefficient (Wildman–Crippen LogP) is 2.75. The first-order valence-electron chi connectivity index (χ1n) is 8.96. The summed E-state index contributed by atoms with van der Waals surface area (Å²) in [6, 6.07) is 6.40. The molecule has 0 aromatic carbocycles. The van der Waals surface area contributed by atoms with E-state index in [-0.39, 0.29) is 0 Å². The number of hydrogen-bond donors (Lipinski definition) is 1. The summed E-state index contributed by atoms with van der Waals surface area (Å²) in [6.07, 6.45) is 8.79. The van der Waals surface area contributed by atoms with E-state index in [0.29, 0.717) is 6.04 Å². The van der Waals surface area contributed by atoms with Crippen LogP contribution in [0.25, 0.3) is 0 Å². The minimum absolute atomic E-state index is 0.416. The molecule has 24 heavy (non-hydrogen) atoms. The van der Waals surface area contributed by atoms with E-state index >= 15 is 0 Å². The Labute approximate surface area is 142 Å². The lowest BCUT2D eigenvalue weighted by Gasteiger charge is -2.39. The number of aromatic nitrogens is 2. The molecule has 0 amide bonds. The smallest absolute Gasteiger partial charge is 0.224 e. The molecule has 0 aliphatic carbocycles. The van der Waals surface area contributed by atoms with Gasteiger partial charge in [-0.2, -0.15) is 4.98 Å². The van der Waals surface area contributed by atoms with Crippen molar-refractivity contribution in [3.8, 4) is 0 Å². The van der Waals surface area contributed by atoms with E-state index in [1.807, 2.05) is 24.4 Å². The minimum atomic E-state index is 0.416. The molecule has 2 aromatic rings. The van der Waals surface area contributed by atoms with Crippen LogP contribution < -0.4 is 10.2 Å². The van der Waals surface area contributed by atoms with Crippen LogP contribution in [0.4, 0.5) is 11.8 Å². The van der Waals surface area contributed by atoms with E-state index in [1.165, 1.54) is 25.7 Å². The van der Waals surface area contributed by atoms with E-state index in [2.05, 4.69) is 20.1 Å². The maximum Gasteiger partial charge on any atom is 0.224 e. The third-order valence-electron chi connectivity index (χ3n) is 4.82. The predicted molar refractivity (Wildman–Crippen MR) is 94.1 cm³/mol. The van der Waals surface area contributed by atoms with Gasteiger partial charge in [-0.05, 0) is 31.0 Å². The number of hydrogen-bond acceptors (Lipinski definition) is 6. The molecule has 0 unspecified atom stereocenters. The van der Waals surface area contributed by atoms with Crippen molar-refractivity contribution in [3.05, 3.63) is 36.4 Å². The van der Waals surface area contributed by atoms with Crippen molar-refractivity contribution in [2.45, 2.75) is 38.3 Å². The van der Waals surface area contributed by atoms with Crippen LogP contribution in [0.1, 0.15) is 31.4 Å². The van der Waals surface area contributed by atoms with Crippen molar-refractivity contribution in [2.24, 2.45) is 0 Å². The lowest BCUT2D eigenvalue weighted by atomic mass is 10.1. The summed E-state index contributed by atoms with van der Waals surface area (Å²) in [7, 11) is 0. The fourth-order valence-corrected chi connectivity index (χ4v) is 3.49. The molecule has 0 radical (unpaired) electrons. The Kier molecular flexibility index (Phi) is 4.64. The van der Waals surface area contributed by atoms with Crippen LogP contribution in [0.3, 0.4) is 0 Å². The van der Waals surface area contributed by atoms with E-state index in [0.717, 1.165) is 50.3 Å². The highest BCUT2D eigenvalue weighted by atomic mass is 16.3. The topological polar surface area (TPSA) is 57.4 Å². The number of nitrogens with zero attached hydrogens (tertiary/aromatic N) is 4. The second-order valence-electron chi connectivity index (χ2n) is 6.75. The Bertz CT molecular complexity index is 631. The van der Waals surface area contributed by atoms with Gasteiger partial charge in [-0.15, -0.1) is 0 Å². The molecule has 4 rings (SSSR count). The SMILES string of the molecule is c1coc(CN2CC(Nc3nccc(N4CCCCCC4)n3)C2)c1. The second kappa shape index (κ2) is 7.21. The molecule has 4 heterocycles. The van der Waals surface area contributed by atoms with E-state index in [1.54, 1.807) is 6.26 Å².